The number of H-pyrrole nitrogens is 1. The predicted molar refractivity (Wildman–Crippen MR) is 67.4 cm³/mol. The van der Waals surface area contributed by atoms with Crippen molar-refractivity contribution in [2.24, 2.45) is 0 Å². The quantitative estimate of drug-likeness (QED) is 0.672. The lowest BCUT2D eigenvalue weighted by molar-refractivity contribution is 0.102. The van der Waals surface area contributed by atoms with Crippen LogP contribution in [0.4, 0.5) is 0 Å². The van der Waals surface area contributed by atoms with Gasteiger partial charge in [-0.2, -0.15) is 0 Å². The molecule has 5 heteroatoms. The Morgan fingerprint density at radius 1 is 1.56 bits per heavy atom. The van der Waals surface area contributed by atoms with Gasteiger partial charge in [-0.1, -0.05) is 11.8 Å². The van der Waals surface area contributed by atoms with Crippen molar-refractivity contribution in [1.29, 1.82) is 0 Å². The number of carbonyl (C=O) groups is 1. The summed E-state index contributed by atoms with van der Waals surface area (Å²) in [6.45, 7) is 3.88. The van der Waals surface area contributed by atoms with Crippen LogP contribution < -0.4 is 0 Å². The molecule has 0 radical (unpaired) electrons. The molecule has 1 N–H and O–H groups in total. The summed E-state index contributed by atoms with van der Waals surface area (Å²) in [5, 5.41) is 1.92. The smallest absolute Gasteiger partial charge is 0.174 e. The Bertz CT molecular complexity index is 488. The molecule has 0 spiro atoms. The van der Waals surface area contributed by atoms with E-state index in [1.54, 1.807) is 17.5 Å². The number of thioether (sulfide) groups is 1. The van der Waals surface area contributed by atoms with Gasteiger partial charge in [0, 0.05) is 28.5 Å². The molecular formula is C11H12N2OS2. The van der Waals surface area contributed by atoms with E-state index >= 15 is 0 Å². The highest BCUT2D eigenvalue weighted by Gasteiger charge is 2.12. The van der Waals surface area contributed by atoms with Crippen LogP contribution in [0.3, 0.4) is 0 Å². The van der Waals surface area contributed by atoms with Crippen molar-refractivity contribution in [3.05, 3.63) is 34.6 Å². The zero-order valence-corrected chi connectivity index (χ0v) is 10.7. The number of ketones is 1. The molecule has 0 amide bonds. The second-order valence-electron chi connectivity index (χ2n) is 3.50. The van der Waals surface area contributed by atoms with Crippen LogP contribution in [0.15, 0.2) is 22.0 Å². The number of Topliss-reactive ketones (excluding diaryl/α,β-unsaturated/α-hetero) is 1. The molecule has 84 valence electrons. The minimum Gasteiger partial charge on any atom is -0.362 e. The Morgan fingerprint density at radius 3 is 2.94 bits per heavy atom. The first-order valence-electron chi connectivity index (χ1n) is 4.88. The van der Waals surface area contributed by atoms with Gasteiger partial charge in [-0.15, -0.1) is 11.3 Å². The Labute approximate surface area is 102 Å². The highest BCUT2D eigenvalue weighted by Crippen LogP contribution is 2.22. The van der Waals surface area contributed by atoms with Crippen LogP contribution in [0, 0.1) is 13.8 Å². The van der Waals surface area contributed by atoms with Crippen molar-refractivity contribution in [1.82, 2.24) is 9.97 Å². The monoisotopic (exact) mass is 252 g/mol. The summed E-state index contributed by atoms with van der Waals surface area (Å²) < 4.78 is 0.943. The first-order chi connectivity index (χ1) is 7.66. The average Bonchev–Trinajstić information content (AvgIpc) is 2.84. The summed E-state index contributed by atoms with van der Waals surface area (Å²) >= 11 is 3.05. The lowest BCUT2D eigenvalue weighted by Gasteiger charge is -1.97. The van der Waals surface area contributed by atoms with Gasteiger partial charge in [-0.25, -0.2) is 4.98 Å². The van der Waals surface area contributed by atoms with Gasteiger partial charge in [0.05, 0.1) is 5.75 Å². The number of carbonyl (C=O) groups excluding carboxylic acids is 1. The summed E-state index contributed by atoms with van der Waals surface area (Å²) in [6, 6.07) is 1.90. The summed E-state index contributed by atoms with van der Waals surface area (Å²) in [6.07, 6.45) is 1.75. The zero-order chi connectivity index (χ0) is 11.5. The number of hydrogen-bond donors (Lipinski definition) is 1. The van der Waals surface area contributed by atoms with E-state index in [1.807, 2.05) is 25.3 Å². The molecule has 0 saturated carbocycles. The van der Waals surface area contributed by atoms with Crippen molar-refractivity contribution in [2.45, 2.75) is 18.2 Å². The summed E-state index contributed by atoms with van der Waals surface area (Å²) in [7, 11) is 0. The molecule has 0 aliphatic heterocycles. The molecule has 0 bridgehead atoms. The van der Waals surface area contributed by atoms with E-state index < -0.39 is 0 Å². The van der Waals surface area contributed by atoms with Gasteiger partial charge in [0.25, 0.3) is 0 Å². The molecule has 2 aromatic heterocycles. The van der Waals surface area contributed by atoms with Crippen molar-refractivity contribution in [2.75, 3.05) is 5.75 Å². The number of aromatic nitrogens is 2. The van der Waals surface area contributed by atoms with Crippen LogP contribution in [-0.2, 0) is 0 Å². The maximum absolute atomic E-state index is 11.9. The number of hydrogen-bond acceptors (Lipinski definition) is 4. The number of nitrogens with zero attached hydrogens (tertiary/aromatic N) is 1. The Kier molecular flexibility index (Phi) is 3.46. The second-order valence-corrected chi connectivity index (χ2v) is 5.62. The fourth-order valence-electron chi connectivity index (χ4n) is 1.50. The van der Waals surface area contributed by atoms with Gasteiger partial charge in [0.15, 0.2) is 5.78 Å². The molecular weight excluding hydrogens is 240 g/mol. The standard InChI is InChI=1S/C11H12N2OS2/c1-7-5-9(8(2)13-7)10(14)6-16-11-12-3-4-15-11/h3-5,13H,6H2,1-2H3. The third-order valence-electron chi connectivity index (χ3n) is 2.19. The van der Waals surface area contributed by atoms with Crippen LogP contribution in [0.5, 0.6) is 0 Å². The number of thiazole rings is 1. The molecule has 0 atom stereocenters. The van der Waals surface area contributed by atoms with E-state index in [0.717, 1.165) is 21.3 Å². The van der Waals surface area contributed by atoms with Crippen molar-refractivity contribution in [3.8, 4) is 0 Å². The van der Waals surface area contributed by atoms with Crippen LogP contribution >= 0.6 is 23.1 Å². The largest absolute Gasteiger partial charge is 0.362 e. The zero-order valence-electron chi connectivity index (χ0n) is 9.11. The Balaban J connectivity index is 2.01. The molecule has 0 saturated heterocycles. The molecule has 3 nitrogen and oxygen atoms in total. The third-order valence-corrected chi connectivity index (χ3v) is 4.15. The molecule has 0 aliphatic rings. The lowest BCUT2D eigenvalue weighted by Crippen LogP contribution is -2.02. The van der Waals surface area contributed by atoms with Gasteiger partial charge in [-0.3, -0.25) is 4.79 Å². The highest BCUT2D eigenvalue weighted by molar-refractivity contribution is 8.01. The minimum absolute atomic E-state index is 0.155. The summed E-state index contributed by atoms with van der Waals surface area (Å²) in [4.78, 5) is 19.2. The van der Waals surface area contributed by atoms with Crippen LogP contribution in [0.25, 0.3) is 0 Å². The molecule has 2 aromatic rings. The van der Waals surface area contributed by atoms with E-state index in [2.05, 4.69) is 9.97 Å². The lowest BCUT2D eigenvalue weighted by atomic mass is 10.2. The highest BCUT2D eigenvalue weighted by atomic mass is 32.2. The fourth-order valence-corrected chi connectivity index (χ4v) is 3.02. The Morgan fingerprint density at radius 2 is 2.38 bits per heavy atom. The summed E-state index contributed by atoms with van der Waals surface area (Å²) in [5.74, 6) is 0.605. The summed E-state index contributed by atoms with van der Waals surface area (Å²) in [5.41, 5.74) is 2.77. The molecule has 0 unspecified atom stereocenters. The van der Waals surface area contributed by atoms with Crippen molar-refractivity contribution < 1.29 is 4.79 Å². The van der Waals surface area contributed by atoms with E-state index in [9.17, 15) is 4.79 Å². The molecule has 2 heterocycles. The molecule has 0 aromatic carbocycles. The van der Waals surface area contributed by atoms with Gasteiger partial charge < -0.3 is 4.98 Å². The van der Waals surface area contributed by atoms with Crippen molar-refractivity contribution >= 4 is 28.9 Å². The van der Waals surface area contributed by atoms with Crippen LogP contribution in [0.2, 0.25) is 0 Å². The Hall–Kier alpha value is -1.07. The van der Waals surface area contributed by atoms with Crippen LogP contribution in [-0.4, -0.2) is 21.5 Å². The van der Waals surface area contributed by atoms with Crippen molar-refractivity contribution in [3.63, 3.8) is 0 Å². The van der Waals surface area contributed by atoms with E-state index in [1.165, 1.54) is 11.8 Å². The minimum atomic E-state index is 0.155. The number of nitrogens with one attached hydrogen (secondary N) is 1. The fraction of sp³-hybridized carbons (Fsp3) is 0.273. The molecule has 2 rings (SSSR count). The normalized spacial score (nSPS) is 10.6. The molecule has 0 aliphatic carbocycles. The van der Waals surface area contributed by atoms with Crippen LogP contribution in [0.1, 0.15) is 21.7 Å². The first kappa shape index (κ1) is 11.4. The molecule has 16 heavy (non-hydrogen) atoms. The SMILES string of the molecule is Cc1cc(C(=O)CSc2nccs2)c(C)[nH]1. The third kappa shape index (κ3) is 2.54. The topological polar surface area (TPSA) is 45.8 Å². The maximum atomic E-state index is 11.9. The number of aromatic amines is 1. The molecule has 0 fully saturated rings. The number of rotatable bonds is 4. The van der Waals surface area contributed by atoms with Gasteiger partial charge in [0.1, 0.15) is 4.34 Å². The maximum Gasteiger partial charge on any atom is 0.174 e. The van der Waals surface area contributed by atoms with E-state index in [-0.39, 0.29) is 5.78 Å². The van der Waals surface area contributed by atoms with E-state index in [0.29, 0.717) is 5.75 Å². The first-order valence-corrected chi connectivity index (χ1v) is 6.75. The van der Waals surface area contributed by atoms with Gasteiger partial charge in [0.2, 0.25) is 0 Å². The van der Waals surface area contributed by atoms with Gasteiger partial charge in [-0.05, 0) is 19.9 Å². The average molecular weight is 252 g/mol. The van der Waals surface area contributed by atoms with E-state index in [4.69, 9.17) is 0 Å². The predicted octanol–water partition coefficient (Wildman–Crippen LogP) is 3.06. The van der Waals surface area contributed by atoms with Gasteiger partial charge >= 0.3 is 0 Å². The number of aryl methyl sites for hydroxylation is 2. The second kappa shape index (κ2) is 4.84.